The first-order valence-electron chi connectivity index (χ1n) is 5.80. The van der Waals surface area contributed by atoms with Gasteiger partial charge in [-0.15, -0.1) is 0 Å². The van der Waals surface area contributed by atoms with E-state index in [2.05, 4.69) is 10.6 Å². The topological polar surface area (TPSA) is 61.4 Å². The van der Waals surface area contributed by atoms with Crippen LogP contribution in [0.4, 0.5) is 5.69 Å². The normalized spacial score (nSPS) is 17.3. The number of hydrogen-bond donors (Lipinski definition) is 3. The van der Waals surface area contributed by atoms with Crippen LogP contribution in [0.25, 0.3) is 0 Å². The monoisotopic (exact) mass is 274 g/mol. The third-order valence-corrected chi connectivity index (χ3v) is 3.28. The van der Waals surface area contributed by atoms with E-state index >= 15 is 0 Å². The van der Waals surface area contributed by atoms with Gasteiger partial charge in [0.05, 0.1) is 5.56 Å². The lowest BCUT2D eigenvalue weighted by Gasteiger charge is -2.28. The van der Waals surface area contributed by atoms with Crippen molar-refractivity contribution in [3.8, 4) is 5.75 Å². The molecule has 5 heteroatoms. The quantitative estimate of drug-likeness (QED) is 0.749. The molecule has 0 saturated carbocycles. The summed E-state index contributed by atoms with van der Waals surface area (Å²) in [6, 6.07) is 11.9. The number of anilines is 1. The maximum atomic E-state index is 12.0. The summed E-state index contributed by atoms with van der Waals surface area (Å²) in [6.07, 6.45) is -0.499. The fourth-order valence-electron chi connectivity index (χ4n) is 2.12. The molecule has 0 fully saturated rings. The highest BCUT2D eigenvalue weighted by molar-refractivity contribution is 6.30. The summed E-state index contributed by atoms with van der Waals surface area (Å²) in [5, 5.41) is 16.3. The van der Waals surface area contributed by atoms with Crippen molar-refractivity contribution < 1.29 is 9.90 Å². The summed E-state index contributed by atoms with van der Waals surface area (Å²) >= 11 is 5.92. The number of phenolic OH excluding ortho intramolecular Hbond substituents is 1. The zero-order chi connectivity index (χ0) is 13.4. The summed E-state index contributed by atoms with van der Waals surface area (Å²) in [5.74, 6) is -0.0969. The Morgan fingerprint density at radius 3 is 2.74 bits per heavy atom. The molecule has 0 spiro atoms. The molecule has 3 rings (SSSR count). The van der Waals surface area contributed by atoms with Crippen LogP contribution in [0, 0.1) is 0 Å². The van der Waals surface area contributed by atoms with Crippen LogP contribution in [-0.2, 0) is 0 Å². The molecule has 0 aromatic heterocycles. The molecule has 1 unspecified atom stereocenters. The number of aromatic hydroxyl groups is 1. The summed E-state index contributed by atoms with van der Waals surface area (Å²) in [6.45, 7) is 0. The Balaban J connectivity index is 2.01. The lowest BCUT2D eigenvalue weighted by atomic mass is 10.1. The van der Waals surface area contributed by atoms with E-state index in [0.717, 1.165) is 5.69 Å². The van der Waals surface area contributed by atoms with Gasteiger partial charge < -0.3 is 15.7 Å². The third-order valence-electron chi connectivity index (χ3n) is 3.05. The van der Waals surface area contributed by atoms with Gasteiger partial charge in [0.15, 0.2) is 0 Å². The molecule has 4 nitrogen and oxygen atoms in total. The highest BCUT2D eigenvalue weighted by Gasteiger charge is 2.25. The maximum Gasteiger partial charge on any atom is 0.255 e. The number of carbonyl (C=O) groups is 1. The first kappa shape index (κ1) is 11.9. The Morgan fingerprint density at radius 1 is 1.11 bits per heavy atom. The molecule has 19 heavy (non-hydrogen) atoms. The summed E-state index contributed by atoms with van der Waals surface area (Å²) < 4.78 is 0. The minimum atomic E-state index is -0.499. The number of rotatable bonds is 1. The number of amides is 1. The smallest absolute Gasteiger partial charge is 0.255 e. The van der Waals surface area contributed by atoms with E-state index in [1.54, 1.807) is 24.3 Å². The van der Waals surface area contributed by atoms with Gasteiger partial charge in [-0.05, 0) is 30.3 Å². The van der Waals surface area contributed by atoms with Crippen LogP contribution in [-0.4, -0.2) is 11.0 Å². The Hall–Kier alpha value is -2.20. The van der Waals surface area contributed by atoms with Crippen LogP contribution in [0.15, 0.2) is 42.5 Å². The predicted octanol–water partition coefficient (Wildman–Crippen LogP) is 2.90. The van der Waals surface area contributed by atoms with Crippen LogP contribution in [0.2, 0.25) is 5.02 Å². The van der Waals surface area contributed by atoms with E-state index in [-0.39, 0.29) is 11.7 Å². The summed E-state index contributed by atoms with van der Waals surface area (Å²) in [7, 11) is 0. The molecule has 2 aromatic rings. The van der Waals surface area contributed by atoms with Gasteiger partial charge in [0.1, 0.15) is 11.9 Å². The molecule has 2 aromatic carbocycles. The van der Waals surface area contributed by atoms with Crippen LogP contribution >= 0.6 is 11.6 Å². The van der Waals surface area contributed by atoms with Crippen LogP contribution in [0.5, 0.6) is 5.75 Å². The minimum absolute atomic E-state index is 0.0848. The molecule has 1 aliphatic heterocycles. The van der Waals surface area contributed by atoms with E-state index in [1.165, 1.54) is 6.07 Å². The van der Waals surface area contributed by atoms with E-state index in [9.17, 15) is 9.90 Å². The lowest BCUT2D eigenvalue weighted by molar-refractivity contribution is 0.0935. The zero-order valence-corrected chi connectivity index (χ0v) is 10.6. The standard InChI is InChI=1S/C14H11ClN2O2/c15-8-5-6-12(18)10(7-8)13-16-11-4-2-1-3-9(11)14(19)17-13/h1-7,13,16,18H,(H,17,19). The number of nitrogens with one attached hydrogen (secondary N) is 2. The van der Waals surface area contributed by atoms with Crippen molar-refractivity contribution in [2.75, 3.05) is 5.32 Å². The number of benzene rings is 2. The van der Waals surface area contributed by atoms with Gasteiger partial charge >= 0.3 is 0 Å². The van der Waals surface area contributed by atoms with Crippen molar-refractivity contribution in [3.63, 3.8) is 0 Å². The van der Waals surface area contributed by atoms with Gasteiger partial charge in [-0.3, -0.25) is 4.79 Å². The molecule has 1 amide bonds. The first-order valence-corrected chi connectivity index (χ1v) is 6.18. The largest absolute Gasteiger partial charge is 0.508 e. The fraction of sp³-hybridized carbons (Fsp3) is 0.0714. The first-order chi connectivity index (χ1) is 9.15. The lowest BCUT2D eigenvalue weighted by Crippen LogP contribution is -2.38. The number of carbonyl (C=O) groups excluding carboxylic acids is 1. The zero-order valence-electron chi connectivity index (χ0n) is 9.85. The molecule has 1 atom stereocenters. The third kappa shape index (κ3) is 2.11. The molecule has 0 aliphatic carbocycles. The predicted molar refractivity (Wildman–Crippen MR) is 73.4 cm³/mol. The van der Waals surface area contributed by atoms with Gasteiger partial charge in [-0.1, -0.05) is 23.7 Å². The van der Waals surface area contributed by atoms with E-state index in [4.69, 9.17) is 11.6 Å². The second-order valence-electron chi connectivity index (χ2n) is 4.30. The Bertz CT molecular complexity index is 658. The molecule has 96 valence electrons. The van der Waals surface area contributed by atoms with Gasteiger partial charge in [0.25, 0.3) is 5.91 Å². The SMILES string of the molecule is O=C1NC(c2cc(Cl)ccc2O)Nc2ccccc21. The van der Waals surface area contributed by atoms with Crippen molar-refractivity contribution >= 4 is 23.2 Å². The van der Waals surface area contributed by atoms with Crippen molar-refractivity contribution in [1.29, 1.82) is 0 Å². The number of hydrogen-bond acceptors (Lipinski definition) is 3. The molecule has 1 aliphatic rings. The highest BCUT2D eigenvalue weighted by Crippen LogP contribution is 2.32. The number of para-hydroxylation sites is 1. The van der Waals surface area contributed by atoms with Crippen molar-refractivity contribution in [2.24, 2.45) is 0 Å². The number of fused-ring (bicyclic) bond motifs is 1. The van der Waals surface area contributed by atoms with Crippen LogP contribution in [0.3, 0.4) is 0 Å². The van der Waals surface area contributed by atoms with Gasteiger partial charge in [-0.2, -0.15) is 0 Å². The average molecular weight is 275 g/mol. The second kappa shape index (κ2) is 4.48. The van der Waals surface area contributed by atoms with E-state index in [1.807, 2.05) is 12.1 Å². The Kier molecular flexibility index (Phi) is 2.80. The molecular formula is C14H11ClN2O2. The minimum Gasteiger partial charge on any atom is -0.508 e. The highest BCUT2D eigenvalue weighted by atomic mass is 35.5. The van der Waals surface area contributed by atoms with Crippen LogP contribution < -0.4 is 10.6 Å². The van der Waals surface area contributed by atoms with Gasteiger partial charge in [0, 0.05) is 16.3 Å². The molecular weight excluding hydrogens is 264 g/mol. The summed E-state index contributed by atoms with van der Waals surface area (Å²) in [5.41, 5.74) is 1.85. The van der Waals surface area contributed by atoms with E-state index in [0.29, 0.717) is 16.1 Å². The van der Waals surface area contributed by atoms with Crippen molar-refractivity contribution in [2.45, 2.75) is 6.17 Å². The molecule has 0 bridgehead atoms. The second-order valence-corrected chi connectivity index (χ2v) is 4.74. The van der Waals surface area contributed by atoms with Gasteiger partial charge in [-0.25, -0.2) is 0 Å². The molecule has 3 N–H and O–H groups in total. The Morgan fingerprint density at radius 2 is 1.89 bits per heavy atom. The fourth-order valence-corrected chi connectivity index (χ4v) is 2.30. The molecule has 0 saturated heterocycles. The van der Waals surface area contributed by atoms with Gasteiger partial charge in [0.2, 0.25) is 0 Å². The summed E-state index contributed by atoms with van der Waals surface area (Å²) in [4.78, 5) is 12.0. The maximum absolute atomic E-state index is 12.0. The van der Waals surface area contributed by atoms with E-state index < -0.39 is 6.17 Å². The molecule has 1 heterocycles. The Labute approximate surface area is 115 Å². The van der Waals surface area contributed by atoms with Crippen molar-refractivity contribution in [1.82, 2.24) is 5.32 Å². The number of phenols is 1. The average Bonchev–Trinajstić information content (AvgIpc) is 2.41. The van der Waals surface area contributed by atoms with Crippen molar-refractivity contribution in [3.05, 3.63) is 58.6 Å². The number of halogens is 1. The van der Waals surface area contributed by atoms with Crippen LogP contribution in [0.1, 0.15) is 22.1 Å². The molecule has 0 radical (unpaired) electrons.